The minimum atomic E-state index is -0.411. The predicted molar refractivity (Wildman–Crippen MR) is 72.6 cm³/mol. The molecule has 0 aliphatic heterocycles. The Morgan fingerprint density at radius 1 is 1.37 bits per heavy atom. The van der Waals surface area contributed by atoms with Gasteiger partial charge in [-0.3, -0.25) is 14.9 Å². The van der Waals surface area contributed by atoms with Gasteiger partial charge in [0.25, 0.3) is 5.69 Å². The molecule has 1 aromatic rings. The predicted octanol–water partition coefficient (Wildman–Crippen LogP) is 1.90. The van der Waals surface area contributed by atoms with Gasteiger partial charge >= 0.3 is 0 Å². The van der Waals surface area contributed by atoms with Gasteiger partial charge in [0, 0.05) is 24.6 Å². The molecule has 0 saturated heterocycles. The van der Waals surface area contributed by atoms with E-state index in [9.17, 15) is 14.9 Å². The van der Waals surface area contributed by atoms with E-state index in [-0.39, 0.29) is 17.6 Å². The minimum absolute atomic E-state index is 0.0948. The molecule has 0 aromatic heterocycles. The van der Waals surface area contributed by atoms with E-state index >= 15 is 0 Å². The van der Waals surface area contributed by atoms with Crippen LogP contribution >= 0.6 is 0 Å². The molecular weight excluding hydrogens is 246 g/mol. The fourth-order valence-corrected chi connectivity index (χ4v) is 1.75. The van der Waals surface area contributed by atoms with Crippen LogP contribution in [-0.2, 0) is 4.79 Å². The third-order valence-corrected chi connectivity index (χ3v) is 2.90. The lowest BCUT2D eigenvalue weighted by Gasteiger charge is -2.13. The van der Waals surface area contributed by atoms with Gasteiger partial charge in [0.15, 0.2) is 0 Å². The molecule has 0 bridgehead atoms. The van der Waals surface area contributed by atoms with Crippen molar-refractivity contribution in [3.63, 3.8) is 0 Å². The van der Waals surface area contributed by atoms with Crippen LogP contribution in [0.2, 0.25) is 0 Å². The molecular formula is C13H19N3O3. The van der Waals surface area contributed by atoms with Crippen molar-refractivity contribution in [2.75, 3.05) is 6.54 Å². The van der Waals surface area contributed by atoms with Gasteiger partial charge in [0.05, 0.1) is 4.92 Å². The van der Waals surface area contributed by atoms with Gasteiger partial charge in [-0.2, -0.15) is 0 Å². The van der Waals surface area contributed by atoms with Gasteiger partial charge in [-0.15, -0.1) is 0 Å². The van der Waals surface area contributed by atoms with E-state index in [2.05, 4.69) is 5.32 Å². The average Bonchev–Trinajstić information content (AvgIpc) is 2.37. The Kier molecular flexibility index (Phi) is 5.95. The molecule has 0 saturated carbocycles. The molecule has 1 rings (SSSR count). The number of unbranched alkanes of at least 4 members (excludes halogenated alkanes) is 1. The molecule has 0 fully saturated rings. The highest BCUT2D eigenvalue weighted by atomic mass is 16.6. The quantitative estimate of drug-likeness (QED) is 0.426. The lowest BCUT2D eigenvalue weighted by atomic mass is 10.1. The second kappa shape index (κ2) is 7.48. The third-order valence-electron chi connectivity index (χ3n) is 2.90. The molecule has 0 aliphatic carbocycles. The summed E-state index contributed by atoms with van der Waals surface area (Å²) in [6.07, 6.45) is 2.06. The zero-order chi connectivity index (χ0) is 14.3. The fraction of sp³-hybridized carbons (Fsp3) is 0.462. The number of non-ortho nitro benzene ring substituents is 1. The second-order valence-electron chi connectivity index (χ2n) is 4.45. The molecule has 6 heteroatoms. The molecule has 3 N–H and O–H groups in total. The SMILES string of the molecule is CC(NCCCCC(N)=O)c1ccc([N+](=O)[O-])cc1. The summed E-state index contributed by atoms with van der Waals surface area (Å²) < 4.78 is 0. The molecule has 1 amide bonds. The maximum atomic E-state index is 10.6. The van der Waals surface area contributed by atoms with Crippen LogP contribution in [0.15, 0.2) is 24.3 Å². The normalized spacial score (nSPS) is 12.1. The van der Waals surface area contributed by atoms with E-state index in [1.165, 1.54) is 12.1 Å². The molecule has 1 aromatic carbocycles. The fourth-order valence-electron chi connectivity index (χ4n) is 1.75. The van der Waals surface area contributed by atoms with Crippen LogP contribution in [0, 0.1) is 10.1 Å². The summed E-state index contributed by atoms with van der Waals surface area (Å²) in [5, 5.41) is 13.8. The van der Waals surface area contributed by atoms with Crippen molar-refractivity contribution in [2.45, 2.75) is 32.2 Å². The number of benzene rings is 1. The molecule has 19 heavy (non-hydrogen) atoms. The van der Waals surface area contributed by atoms with Crippen LogP contribution in [0.4, 0.5) is 5.69 Å². The number of primary amides is 1. The van der Waals surface area contributed by atoms with E-state index in [0.29, 0.717) is 6.42 Å². The molecule has 6 nitrogen and oxygen atoms in total. The van der Waals surface area contributed by atoms with Gasteiger partial charge in [0.1, 0.15) is 0 Å². The first-order valence-corrected chi connectivity index (χ1v) is 6.26. The van der Waals surface area contributed by atoms with E-state index in [4.69, 9.17) is 5.73 Å². The summed E-state index contributed by atoms with van der Waals surface area (Å²) >= 11 is 0. The molecule has 1 unspecified atom stereocenters. The van der Waals surface area contributed by atoms with Crippen LogP contribution in [0.5, 0.6) is 0 Å². The topological polar surface area (TPSA) is 98.3 Å². The number of nitrogens with one attached hydrogen (secondary N) is 1. The Morgan fingerprint density at radius 2 is 2.00 bits per heavy atom. The summed E-state index contributed by atoms with van der Waals surface area (Å²) in [5.41, 5.74) is 6.15. The van der Waals surface area contributed by atoms with Crippen molar-refractivity contribution >= 4 is 11.6 Å². The third kappa shape index (κ3) is 5.48. The largest absolute Gasteiger partial charge is 0.370 e. The Bertz CT molecular complexity index is 431. The summed E-state index contributed by atoms with van der Waals surface area (Å²) in [4.78, 5) is 20.7. The van der Waals surface area contributed by atoms with Crippen molar-refractivity contribution in [3.05, 3.63) is 39.9 Å². The first-order chi connectivity index (χ1) is 9.00. The Balaban J connectivity index is 2.34. The monoisotopic (exact) mass is 265 g/mol. The van der Waals surface area contributed by atoms with Crippen LogP contribution in [0.1, 0.15) is 37.8 Å². The van der Waals surface area contributed by atoms with Crippen LogP contribution in [0.3, 0.4) is 0 Å². The number of nitro groups is 1. The van der Waals surface area contributed by atoms with Crippen molar-refractivity contribution in [3.8, 4) is 0 Å². The number of rotatable bonds is 8. The first kappa shape index (κ1) is 15.1. The first-order valence-electron chi connectivity index (χ1n) is 6.26. The number of carbonyl (C=O) groups is 1. The van der Waals surface area contributed by atoms with Crippen LogP contribution < -0.4 is 11.1 Å². The Hall–Kier alpha value is -1.95. The Labute approximate surface area is 112 Å². The van der Waals surface area contributed by atoms with E-state index in [0.717, 1.165) is 24.9 Å². The summed E-state index contributed by atoms with van der Waals surface area (Å²) in [6.45, 7) is 2.78. The van der Waals surface area contributed by atoms with Crippen molar-refractivity contribution < 1.29 is 9.72 Å². The molecule has 0 radical (unpaired) electrons. The van der Waals surface area contributed by atoms with Gasteiger partial charge < -0.3 is 11.1 Å². The highest BCUT2D eigenvalue weighted by Crippen LogP contribution is 2.17. The highest BCUT2D eigenvalue weighted by Gasteiger charge is 2.08. The number of carbonyl (C=O) groups excluding carboxylic acids is 1. The van der Waals surface area contributed by atoms with Crippen molar-refractivity contribution in [1.29, 1.82) is 0 Å². The van der Waals surface area contributed by atoms with Crippen molar-refractivity contribution in [2.24, 2.45) is 5.73 Å². The molecule has 104 valence electrons. The number of hydrogen-bond acceptors (Lipinski definition) is 4. The highest BCUT2D eigenvalue weighted by molar-refractivity contribution is 5.73. The summed E-state index contributed by atoms with van der Waals surface area (Å²) in [7, 11) is 0. The van der Waals surface area contributed by atoms with E-state index in [1.807, 2.05) is 6.92 Å². The van der Waals surface area contributed by atoms with E-state index in [1.54, 1.807) is 12.1 Å². The van der Waals surface area contributed by atoms with Crippen LogP contribution in [-0.4, -0.2) is 17.4 Å². The minimum Gasteiger partial charge on any atom is -0.370 e. The van der Waals surface area contributed by atoms with Gasteiger partial charge in [-0.25, -0.2) is 0 Å². The van der Waals surface area contributed by atoms with Gasteiger partial charge in [-0.05, 0) is 31.9 Å². The number of nitrogens with two attached hydrogens (primary N) is 1. The summed E-state index contributed by atoms with van der Waals surface area (Å²) in [5.74, 6) is -0.275. The second-order valence-corrected chi connectivity index (χ2v) is 4.45. The zero-order valence-corrected chi connectivity index (χ0v) is 11.0. The lowest BCUT2D eigenvalue weighted by molar-refractivity contribution is -0.384. The number of nitro benzene ring substituents is 1. The van der Waals surface area contributed by atoms with Crippen molar-refractivity contribution in [1.82, 2.24) is 5.32 Å². The average molecular weight is 265 g/mol. The Morgan fingerprint density at radius 3 is 2.53 bits per heavy atom. The molecule has 0 aliphatic rings. The van der Waals surface area contributed by atoms with Crippen LogP contribution in [0.25, 0.3) is 0 Å². The van der Waals surface area contributed by atoms with E-state index < -0.39 is 4.92 Å². The van der Waals surface area contributed by atoms with Gasteiger partial charge in [-0.1, -0.05) is 12.1 Å². The maximum Gasteiger partial charge on any atom is 0.269 e. The molecule has 0 spiro atoms. The summed E-state index contributed by atoms with van der Waals surface area (Å²) in [6, 6.07) is 6.62. The standard InChI is InChI=1S/C13H19N3O3/c1-10(15-9-3-2-4-13(14)17)11-5-7-12(8-6-11)16(18)19/h5-8,10,15H,2-4,9H2,1H3,(H2,14,17). The molecule has 0 heterocycles. The van der Waals surface area contributed by atoms with Gasteiger partial charge in [0.2, 0.25) is 5.91 Å². The number of nitrogens with zero attached hydrogens (tertiary/aromatic N) is 1. The maximum absolute atomic E-state index is 10.6. The lowest BCUT2D eigenvalue weighted by Crippen LogP contribution is -2.20. The smallest absolute Gasteiger partial charge is 0.269 e. The number of hydrogen-bond donors (Lipinski definition) is 2. The number of amides is 1. The molecule has 1 atom stereocenters. The zero-order valence-electron chi connectivity index (χ0n) is 11.0.